The molecule has 0 atom stereocenters. The van der Waals surface area contributed by atoms with Gasteiger partial charge in [-0.15, -0.1) is 0 Å². The third kappa shape index (κ3) is 5.14. The molecular formula is C20H29NO2Si2. The zero-order valence-corrected chi connectivity index (χ0v) is 18.4. The van der Waals surface area contributed by atoms with Crippen molar-refractivity contribution in [2.24, 2.45) is 0 Å². The van der Waals surface area contributed by atoms with Crippen LogP contribution < -0.4 is 10.1 Å². The first-order valence-electron chi connectivity index (χ1n) is 8.62. The molecule has 2 rings (SSSR count). The van der Waals surface area contributed by atoms with Crippen LogP contribution in [0.25, 0.3) is 0 Å². The van der Waals surface area contributed by atoms with Crippen LogP contribution in [0.2, 0.25) is 32.7 Å². The van der Waals surface area contributed by atoms with E-state index < -0.39 is 16.6 Å². The van der Waals surface area contributed by atoms with Gasteiger partial charge in [0, 0.05) is 30.9 Å². The summed E-state index contributed by atoms with van der Waals surface area (Å²) in [6, 6.07) is 15.7. The minimum Gasteiger partial charge on any atom is -0.452 e. The van der Waals surface area contributed by atoms with Gasteiger partial charge < -0.3 is 9.02 Å². The fourth-order valence-corrected chi connectivity index (χ4v) is 10.5. The van der Waals surface area contributed by atoms with Crippen LogP contribution in [-0.2, 0) is 4.12 Å². The summed E-state index contributed by atoms with van der Waals surface area (Å²) in [5.41, 5.74) is 2.46. The number of rotatable bonds is 6. The number of benzene rings is 2. The van der Waals surface area contributed by atoms with Crippen LogP contribution in [0.4, 0.5) is 5.69 Å². The summed E-state index contributed by atoms with van der Waals surface area (Å²) < 4.78 is 6.43. The molecule has 0 bridgehead atoms. The first-order valence-corrected chi connectivity index (χ1v) is 14.9. The Morgan fingerprint density at radius 1 is 0.880 bits per heavy atom. The van der Waals surface area contributed by atoms with Crippen molar-refractivity contribution in [3.8, 4) is 0 Å². The topological polar surface area (TPSA) is 29.5 Å². The van der Waals surface area contributed by atoms with Crippen molar-refractivity contribution in [2.75, 3.05) is 19.0 Å². The summed E-state index contributed by atoms with van der Waals surface area (Å²) in [5.74, 6) is 0.0563. The smallest absolute Gasteiger partial charge is 0.205 e. The molecule has 2 aromatic rings. The standard InChI is InChI=1S/C20H29NO2Si2/c1-21(2)18-10-8-9-17(15-18)20(22)16-11-13-19(14-12-16)25(6,7)23-24(3,4)5/h8-15H,1-7H3. The van der Waals surface area contributed by atoms with Crippen molar-refractivity contribution in [1.29, 1.82) is 0 Å². The Labute approximate surface area is 153 Å². The Morgan fingerprint density at radius 3 is 2.00 bits per heavy atom. The average molecular weight is 372 g/mol. The van der Waals surface area contributed by atoms with Gasteiger partial charge in [-0.1, -0.05) is 36.4 Å². The van der Waals surface area contributed by atoms with Crippen molar-refractivity contribution in [2.45, 2.75) is 32.7 Å². The first kappa shape index (κ1) is 19.6. The molecule has 0 aromatic heterocycles. The molecule has 0 amide bonds. The number of carbonyl (C=O) groups is 1. The molecule has 0 fully saturated rings. The van der Waals surface area contributed by atoms with E-state index in [4.69, 9.17) is 4.12 Å². The van der Waals surface area contributed by atoms with Gasteiger partial charge in [0.2, 0.25) is 8.32 Å². The summed E-state index contributed by atoms with van der Waals surface area (Å²) in [4.78, 5) is 14.8. The van der Waals surface area contributed by atoms with Crippen LogP contribution in [0.15, 0.2) is 48.5 Å². The maximum absolute atomic E-state index is 12.8. The maximum Gasteiger partial charge on any atom is 0.205 e. The normalized spacial score (nSPS) is 12.1. The van der Waals surface area contributed by atoms with Crippen molar-refractivity contribution in [3.63, 3.8) is 0 Å². The summed E-state index contributed by atoms with van der Waals surface area (Å²) in [5, 5.41) is 1.23. The number of carbonyl (C=O) groups excluding carboxylic acids is 1. The Hall–Kier alpha value is -1.70. The summed E-state index contributed by atoms with van der Waals surface area (Å²) in [6.07, 6.45) is 0. The Bertz CT molecular complexity index is 747. The molecule has 0 spiro atoms. The second-order valence-corrected chi connectivity index (χ2v) is 16.7. The monoisotopic (exact) mass is 371 g/mol. The highest BCUT2D eigenvalue weighted by atomic mass is 28.4. The van der Waals surface area contributed by atoms with E-state index in [2.05, 4.69) is 44.9 Å². The average Bonchev–Trinajstić information content (AvgIpc) is 2.52. The summed E-state index contributed by atoms with van der Waals surface area (Å²) in [6.45, 7) is 11.1. The van der Waals surface area contributed by atoms with E-state index in [0.717, 1.165) is 11.3 Å². The number of anilines is 1. The lowest BCUT2D eigenvalue weighted by atomic mass is 10.0. The van der Waals surface area contributed by atoms with Gasteiger partial charge in [-0.2, -0.15) is 0 Å². The minimum atomic E-state index is -1.93. The summed E-state index contributed by atoms with van der Waals surface area (Å²) in [7, 11) is 0.429. The van der Waals surface area contributed by atoms with Crippen LogP contribution in [-0.4, -0.2) is 36.5 Å². The largest absolute Gasteiger partial charge is 0.452 e. The molecule has 0 aliphatic carbocycles. The van der Waals surface area contributed by atoms with Crippen molar-refractivity contribution in [1.82, 2.24) is 0 Å². The van der Waals surface area contributed by atoms with E-state index in [0.29, 0.717) is 5.56 Å². The van der Waals surface area contributed by atoms with Gasteiger partial charge in [-0.25, -0.2) is 0 Å². The fraction of sp³-hybridized carbons (Fsp3) is 0.350. The van der Waals surface area contributed by atoms with E-state index in [-0.39, 0.29) is 5.78 Å². The fourth-order valence-electron chi connectivity index (χ4n) is 2.94. The highest BCUT2D eigenvalue weighted by Crippen LogP contribution is 2.18. The molecule has 2 aromatic carbocycles. The summed E-state index contributed by atoms with van der Waals surface area (Å²) >= 11 is 0. The Morgan fingerprint density at radius 2 is 1.48 bits per heavy atom. The Balaban J connectivity index is 2.25. The van der Waals surface area contributed by atoms with E-state index in [1.165, 1.54) is 5.19 Å². The van der Waals surface area contributed by atoms with Gasteiger partial charge in [-0.05, 0) is 50.1 Å². The molecule has 0 N–H and O–H groups in total. The van der Waals surface area contributed by atoms with E-state index in [1.54, 1.807) is 0 Å². The van der Waals surface area contributed by atoms with Crippen molar-refractivity contribution >= 4 is 33.3 Å². The van der Waals surface area contributed by atoms with E-state index in [9.17, 15) is 4.79 Å². The lowest BCUT2D eigenvalue weighted by Gasteiger charge is -2.31. The van der Waals surface area contributed by atoms with E-state index in [1.807, 2.05) is 55.4 Å². The lowest BCUT2D eigenvalue weighted by molar-refractivity contribution is 0.103. The number of ketones is 1. The molecule has 0 saturated carbocycles. The second kappa shape index (κ2) is 7.27. The number of hydrogen-bond donors (Lipinski definition) is 0. The number of hydrogen-bond acceptors (Lipinski definition) is 3. The van der Waals surface area contributed by atoms with Crippen LogP contribution in [0, 0.1) is 0 Å². The molecule has 25 heavy (non-hydrogen) atoms. The molecule has 0 heterocycles. The number of nitrogens with zero attached hydrogens (tertiary/aromatic N) is 1. The van der Waals surface area contributed by atoms with Crippen LogP contribution in [0.3, 0.4) is 0 Å². The van der Waals surface area contributed by atoms with E-state index >= 15 is 0 Å². The van der Waals surface area contributed by atoms with Crippen molar-refractivity contribution in [3.05, 3.63) is 59.7 Å². The molecule has 0 unspecified atom stereocenters. The molecule has 5 heteroatoms. The zero-order valence-electron chi connectivity index (χ0n) is 16.4. The molecule has 0 radical (unpaired) electrons. The van der Waals surface area contributed by atoms with Crippen LogP contribution in [0.1, 0.15) is 15.9 Å². The van der Waals surface area contributed by atoms with Gasteiger partial charge in [0.25, 0.3) is 0 Å². The molecule has 3 nitrogen and oxygen atoms in total. The quantitative estimate of drug-likeness (QED) is 0.562. The van der Waals surface area contributed by atoms with Crippen LogP contribution in [0.5, 0.6) is 0 Å². The predicted molar refractivity (Wildman–Crippen MR) is 112 cm³/mol. The maximum atomic E-state index is 12.8. The van der Waals surface area contributed by atoms with Gasteiger partial charge >= 0.3 is 0 Å². The van der Waals surface area contributed by atoms with Gasteiger partial charge in [0.15, 0.2) is 14.1 Å². The zero-order chi connectivity index (χ0) is 18.8. The molecule has 134 valence electrons. The van der Waals surface area contributed by atoms with Crippen LogP contribution >= 0.6 is 0 Å². The second-order valence-electron chi connectivity index (χ2n) is 8.08. The third-order valence-corrected chi connectivity index (χ3v) is 10.2. The molecule has 0 saturated heterocycles. The predicted octanol–water partition coefficient (Wildman–Crippen LogP) is 4.25. The minimum absolute atomic E-state index is 0.0563. The van der Waals surface area contributed by atoms with Gasteiger partial charge in [0.1, 0.15) is 0 Å². The van der Waals surface area contributed by atoms with Gasteiger partial charge in [0.05, 0.1) is 0 Å². The first-order chi connectivity index (χ1) is 11.5. The van der Waals surface area contributed by atoms with Gasteiger partial charge in [-0.3, -0.25) is 4.79 Å². The SMILES string of the molecule is CN(C)c1cccc(C(=O)c2ccc([Si](C)(C)O[Si](C)(C)C)cc2)c1. The molecule has 0 aliphatic heterocycles. The highest BCUT2D eigenvalue weighted by Gasteiger charge is 2.31. The lowest BCUT2D eigenvalue weighted by Crippen LogP contribution is -2.51. The van der Waals surface area contributed by atoms with Crippen molar-refractivity contribution < 1.29 is 8.91 Å². The Kier molecular flexibility index (Phi) is 5.71. The highest BCUT2D eigenvalue weighted by molar-refractivity contribution is 6.92. The third-order valence-electron chi connectivity index (χ3n) is 4.03. The molecular weight excluding hydrogens is 342 g/mol. The molecule has 0 aliphatic rings.